The van der Waals surface area contributed by atoms with Crippen molar-refractivity contribution in [2.24, 2.45) is 0 Å². The van der Waals surface area contributed by atoms with Crippen molar-refractivity contribution in [1.82, 2.24) is 19.9 Å². The van der Waals surface area contributed by atoms with Crippen LogP contribution in [-0.2, 0) is 5.41 Å². The molecule has 0 bridgehead atoms. The van der Waals surface area contributed by atoms with Crippen LogP contribution in [0.4, 0.5) is 17.2 Å². The average molecular weight is 562 g/mol. The van der Waals surface area contributed by atoms with Gasteiger partial charge in [-0.2, -0.15) is 0 Å². The SMILES string of the molecule is Cc1ccnc(C)c1N(c1cccc(-c2nc(-c3ccccc3O)nc3c2C(C)(C)c2ccccc2-3)c1)c1ccccn1. The molecule has 0 amide bonds. The molecule has 0 saturated carbocycles. The second kappa shape index (κ2) is 10.2. The monoisotopic (exact) mass is 561 g/mol. The van der Waals surface area contributed by atoms with Gasteiger partial charge in [0.15, 0.2) is 5.82 Å². The summed E-state index contributed by atoms with van der Waals surface area (Å²) in [6.45, 7) is 8.59. The molecule has 6 aromatic rings. The van der Waals surface area contributed by atoms with Gasteiger partial charge < -0.3 is 5.11 Å². The Morgan fingerprint density at radius 2 is 1.44 bits per heavy atom. The number of fused-ring (bicyclic) bond motifs is 3. The van der Waals surface area contributed by atoms with E-state index in [1.165, 1.54) is 5.56 Å². The highest BCUT2D eigenvalue weighted by atomic mass is 16.3. The second-order valence-corrected chi connectivity index (χ2v) is 11.4. The fraction of sp³-hybridized carbons (Fsp3) is 0.135. The summed E-state index contributed by atoms with van der Waals surface area (Å²) in [5, 5.41) is 10.8. The van der Waals surface area contributed by atoms with Crippen LogP contribution in [0.15, 0.2) is 109 Å². The van der Waals surface area contributed by atoms with Gasteiger partial charge in [-0.1, -0.05) is 68.4 Å². The topological polar surface area (TPSA) is 75.0 Å². The molecule has 3 aromatic heterocycles. The van der Waals surface area contributed by atoms with Crippen LogP contribution in [0.3, 0.4) is 0 Å². The van der Waals surface area contributed by atoms with Crippen LogP contribution in [0.2, 0.25) is 0 Å². The second-order valence-electron chi connectivity index (χ2n) is 11.4. The van der Waals surface area contributed by atoms with E-state index in [-0.39, 0.29) is 11.2 Å². The zero-order chi connectivity index (χ0) is 29.7. The van der Waals surface area contributed by atoms with Crippen LogP contribution in [0.1, 0.15) is 36.2 Å². The summed E-state index contributed by atoms with van der Waals surface area (Å²) in [5.41, 5.74) is 10.3. The molecule has 0 unspecified atom stereocenters. The van der Waals surface area contributed by atoms with Crippen molar-refractivity contribution < 1.29 is 5.11 Å². The summed E-state index contributed by atoms with van der Waals surface area (Å²) in [6, 6.07) is 32.0. The van der Waals surface area contributed by atoms with Gasteiger partial charge in [0.2, 0.25) is 0 Å². The average Bonchev–Trinajstić information content (AvgIpc) is 3.26. The zero-order valence-corrected chi connectivity index (χ0v) is 24.6. The third-order valence-corrected chi connectivity index (χ3v) is 8.32. The van der Waals surface area contributed by atoms with E-state index >= 15 is 0 Å². The summed E-state index contributed by atoms with van der Waals surface area (Å²) in [5.74, 6) is 1.44. The van der Waals surface area contributed by atoms with Crippen LogP contribution < -0.4 is 4.90 Å². The Morgan fingerprint density at radius 1 is 0.698 bits per heavy atom. The number of hydrogen-bond donors (Lipinski definition) is 1. The number of pyridine rings is 2. The lowest BCUT2D eigenvalue weighted by Gasteiger charge is -2.28. The molecule has 6 heteroatoms. The summed E-state index contributed by atoms with van der Waals surface area (Å²) in [4.78, 5) is 21.8. The first-order valence-corrected chi connectivity index (χ1v) is 14.4. The van der Waals surface area contributed by atoms with Gasteiger partial charge >= 0.3 is 0 Å². The van der Waals surface area contributed by atoms with E-state index in [1.807, 2.05) is 61.8 Å². The van der Waals surface area contributed by atoms with Crippen molar-refractivity contribution >= 4 is 17.2 Å². The quantitative estimate of drug-likeness (QED) is 0.227. The highest BCUT2D eigenvalue weighted by molar-refractivity contribution is 5.88. The number of aromatic hydroxyl groups is 1. The number of anilines is 3. The number of benzene rings is 3. The molecule has 0 spiro atoms. The van der Waals surface area contributed by atoms with Gasteiger partial charge in [0.05, 0.1) is 28.3 Å². The molecule has 43 heavy (non-hydrogen) atoms. The predicted octanol–water partition coefficient (Wildman–Crippen LogP) is 8.70. The van der Waals surface area contributed by atoms with Crippen molar-refractivity contribution in [3.63, 3.8) is 0 Å². The predicted molar refractivity (Wildman–Crippen MR) is 172 cm³/mol. The van der Waals surface area contributed by atoms with Crippen LogP contribution in [-0.4, -0.2) is 25.0 Å². The van der Waals surface area contributed by atoms with Crippen molar-refractivity contribution in [2.75, 3.05) is 4.90 Å². The first-order chi connectivity index (χ1) is 20.8. The van der Waals surface area contributed by atoms with E-state index in [0.717, 1.165) is 56.5 Å². The largest absolute Gasteiger partial charge is 0.507 e. The van der Waals surface area contributed by atoms with Gasteiger partial charge in [0.25, 0.3) is 0 Å². The fourth-order valence-electron chi connectivity index (χ4n) is 6.29. The summed E-state index contributed by atoms with van der Waals surface area (Å²) < 4.78 is 0. The molecule has 1 N–H and O–H groups in total. The van der Waals surface area contributed by atoms with Gasteiger partial charge in [-0.15, -0.1) is 0 Å². The molecule has 6 nitrogen and oxygen atoms in total. The molecule has 7 rings (SSSR count). The number of phenolic OH excluding ortho intramolecular Hbond substituents is 1. The van der Waals surface area contributed by atoms with Crippen LogP contribution >= 0.6 is 0 Å². The van der Waals surface area contributed by atoms with Gasteiger partial charge in [0.1, 0.15) is 11.6 Å². The maximum absolute atomic E-state index is 10.8. The number of nitrogens with zero attached hydrogens (tertiary/aromatic N) is 5. The first-order valence-electron chi connectivity index (χ1n) is 14.4. The molecular weight excluding hydrogens is 530 g/mol. The Kier molecular flexibility index (Phi) is 6.28. The Labute approximate surface area is 251 Å². The summed E-state index contributed by atoms with van der Waals surface area (Å²) in [6.07, 6.45) is 3.65. The highest BCUT2D eigenvalue weighted by Crippen LogP contribution is 2.52. The maximum Gasteiger partial charge on any atom is 0.164 e. The van der Waals surface area contributed by atoms with Crippen molar-refractivity contribution in [3.8, 4) is 39.7 Å². The zero-order valence-electron chi connectivity index (χ0n) is 24.6. The Hall–Kier alpha value is -5.36. The molecule has 3 aromatic carbocycles. The molecule has 0 saturated heterocycles. The fourth-order valence-corrected chi connectivity index (χ4v) is 6.29. The number of aromatic nitrogens is 4. The molecule has 0 atom stereocenters. The van der Waals surface area contributed by atoms with E-state index in [0.29, 0.717) is 11.4 Å². The first kappa shape index (κ1) is 26.5. The summed E-state index contributed by atoms with van der Waals surface area (Å²) in [7, 11) is 0. The van der Waals surface area contributed by atoms with E-state index in [2.05, 4.69) is 79.2 Å². The van der Waals surface area contributed by atoms with Crippen molar-refractivity contribution in [2.45, 2.75) is 33.1 Å². The Balaban J connectivity index is 1.49. The minimum absolute atomic E-state index is 0.150. The number of hydrogen-bond acceptors (Lipinski definition) is 6. The number of phenols is 1. The van der Waals surface area contributed by atoms with Crippen molar-refractivity contribution in [1.29, 1.82) is 0 Å². The van der Waals surface area contributed by atoms with Gasteiger partial charge in [-0.05, 0) is 67.4 Å². The molecule has 1 aliphatic rings. The molecule has 210 valence electrons. The minimum atomic E-state index is -0.328. The van der Waals surface area contributed by atoms with E-state index in [4.69, 9.17) is 15.0 Å². The van der Waals surface area contributed by atoms with Crippen LogP contribution in [0.5, 0.6) is 5.75 Å². The van der Waals surface area contributed by atoms with Crippen LogP contribution in [0, 0.1) is 13.8 Å². The number of para-hydroxylation sites is 1. The van der Waals surface area contributed by atoms with Gasteiger partial charge in [0, 0.05) is 40.2 Å². The van der Waals surface area contributed by atoms with Crippen molar-refractivity contribution in [3.05, 3.63) is 132 Å². The number of rotatable bonds is 5. The van der Waals surface area contributed by atoms with E-state index < -0.39 is 0 Å². The van der Waals surface area contributed by atoms with E-state index in [1.54, 1.807) is 6.07 Å². The molecule has 0 radical (unpaired) electrons. The lowest BCUT2D eigenvalue weighted by molar-refractivity contribution is 0.477. The lowest BCUT2D eigenvalue weighted by Crippen LogP contribution is -2.18. The molecule has 0 fully saturated rings. The third-order valence-electron chi connectivity index (χ3n) is 8.32. The maximum atomic E-state index is 10.8. The van der Waals surface area contributed by atoms with Crippen LogP contribution in [0.25, 0.3) is 33.9 Å². The minimum Gasteiger partial charge on any atom is -0.507 e. The Morgan fingerprint density at radius 3 is 2.21 bits per heavy atom. The molecule has 1 aliphatic carbocycles. The molecule has 0 aliphatic heterocycles. The normalized spacial score (nSPS) is 12.9. The molecule has 3 heterocycles. The number of aryl methyl sites for hydroxylation is 2. The summed E-state index contributed by atoms with van der Waals surface area (Å²) >= 11 is 0. The smallest absolute Gasteiger partial charge is 0.164 e. The standard InChI is InChI=1S/C37H31N5O/c1-23-19-21-38-24(2)35(23)42(31-18-9-10-20-39-31)26-13-11-12-25(22-26)33-32-34(27-14-5-7-16-29(27)37(32,3)4)41-36(40-33)28-15-6-8-17-30(28)43/h5-22,43H,1-4H3. The van der Waals surface area contributed by atoms with Gasteiger partial charge in [-0.25, -0.2) is 15.0 Å². The highest BCUT2D eigenvalue weighted by Gasteiger charge is 2.40. The third kappa shape index (κ3) is 4.34. The van der Waals surface area contributed by atoms with Gasteiger partial charge in [-0.3, -0.25) is 9.88 Å². The Bertz CT molecular complexity index is 1980. The molecular formula is C37H31N5O. The van der Waals surface area contributed by atoms with E-state index in [9.17, 15) is 5.11 Å². The lowest BCUT2D eigenvalue weighted by atomic mass is 9.80.